The molecule has 2 atom stereocenters. The number of nitrogens with one attached hydrogen (secondary N) is 1. The van der Waals surface area contributed by atoms with E-state index in [0.29, 0.717) is 6.54 Å². The van der Waals surface area contributed by atoms with Crippen LogP contribution < -0.4 is 5.32 Å². The van der Waals surface area contributed by atoms with Gasteiger partial charge in [0.15, 0.2) is 0 Å². The molecule has 2 unspecified atom stereocenters. The Morgan fingerprint density at radius 2 is 2.00 bits per heavy atom. The Hall–Kier alpha value is -0.810. The minimum Gasteiger partial charge on any atom is -0.393 e. The number of hydrogen-bond acceptors (Lipinski definition) is 3. The normalized spacial score (nSPS) is 26.0. The molecule has 2 fully saturated rings. The maximum Gasteiger partial charge on any atom is 0.317 e. The lowest BCUT2D eigenvalue weighted by Crippen LogP contribution is -2.47. The molecule has 0 aromatic heterocycles. The van der Waals surface area contributed by atoms with Crippen molar-refractivity contribution in [1.82, 2.24) is 15.1 Å². The number of hydrogen-bond donors (Lipinski definition) is 2. The summed E-state index contributed by atoms with van der Waals surface area (Å²) in [6.45, 7) is 9.92. The third-order valence-corrected chi connectivity index (χ3v) is 5.41. The molecule has 22 heavy (non-hydrogen) atoms. The van der Waals surface area contributed by atoms with Crippen molar-refractivity contribution in [2.75, 3.05) is 39.3 Å². The smallest absolute Gasteiger partial charge is 0.317 e. The second-order valence-corrected chi connectivity index (χ2v) is 6.99. The van der Waals surface area contributed by atoms with Crippen molar-refractivity contribution < 1.29 is 9.90 Å². The lowest BCUT2D eigenvalue weighted by atomic mass is 9.93. The number of aliphatic hydroxyl groups excluding tert-OH is 1. The maximum atomic E-state index is 12.2. The summed E-state index contributed by atoms with van der Waals surface area (Å²) in [5, 5.41) is 12.8. The molecule has 2 amide bonds. The fraction of sp³-hybridized carbons (Fsp3) is 0.941. The second-order valence-electron chi connectivity index (χ2n) is 6.99. The summed E-state index contributed by atoms with van der Waals surface area (Å²) in [6, 6.07) is 0.0522. The Labute approximate surface area is 135 Å². The first kappa shape index (κ1) is 17.5. The molecule has 128 valence electrons. The van der Waals surface area contributed by atoms with Gasteiger partial charge in [-0.3, -0.25) is 0 Å². The standard InChI is InChI=1S/C17H33N3O2/c1-3-19-11-7-15(8-12-19)6-9-18-17(22)20-10-4-5-16(13-20)14(2)21/h14-16,21H,3-13H2,1-2H3,(H,18,22). The molecule has 0 aromatic carbocycles. The summed E-state index contributed by atoms with van der Waals surface area (Å²) in [6.07, 6.45) is 5.32. The molecule has 0 radical (unpaired) electrons. The van der Waals surface area contributed by atoms with Crippen molar-refractivity contribution in [3.63, 3.8) is 0 Å². The molecule has 0 aromatic rings. The lowest BCUT2D eigenvalue weighted by molar-refractivity contribution is 0.0738. The molecule has 5 nitrogen and oxygen atoms in total. The Bertz CT molecular complexity index is 341. The average molecular weight is 311 g/mol. The van der Waals surface area contributed by atoms with Crippen LogP contribution in [0.15, 0.2) is 0 Å². The molecule has 2 aliphatic rings. The van der Waals surface area contributed by atoms with Crippen LogP contribution in [0.25, 0.3) is 0 Å². The molecular formula is C17H33N3O2. The topological polar surface area (TPSA) is 55.8 Å². The lowest BCUT2D eigenvalue weighted by Gasteiger charge is -2.34. The average Bonchev–Trinajstić information content (AvgIpc) is 2.55. The van der Waals surface area contributed by atoms with Crippen LogP contribution in [-0.2, 0) is 0 Å². The van der Waals surface area contributed by atoms with Crippen molar-refractivity contribution in [2.24, 2.45) is 11.8 Å². The number of rotatable bonds is 5. The van der Waals surface area contributed by atoms with Crippen molar-refractivity contribution in [3.8, 4) is 0 Å². The molecule has 0 spiro atoms. The summed E-state index contributed by atoms with van der Waals surface area (Å²) in [5.74, 6) is 0.993. The third-order valence-electron chi connectivity index (χ3n) is 5.41. The van der Waals surface area contributed by atoms with Gasteiger partial charge in [-0.05, 0) is 64.6 Å². The van der Waals surface area contributed by atoms with E-state index in [-0.39, 0.29) is 18.1 Å². The van der Waals surface area contributed by atoms with E-state index < -0.39 is 0 Å². The predicted molar refractivity (Wildman–Crippen MR) is 88.8 cm³/mol. The molecule has 0 bridgehead atoms. The van der Waals surface area contributed by atoms with Gasteiger partial charge in [-0.15, -0.1) is 0 Å². The third kappa shape index (κ3) is 5.13. The van der Waals surface area contributed by atoms with Gasteiger partial charge in [0.25, 0.3) is 0 Å². The number of likely N-dealkylation sites (tertiary alicyclic amines) is 2. The van der Waals surface area contributed by atoms with Crippen molar-refractivity contribution >= 4 is 6.03 Å². The van der Waals surface area contributed by atoms with Gasteiger partial charge in [-0.25, -0.2) is 4.79 Å². The summed E-state index contributed by atoms with van der Waals surface area (Å²) >= 11 is 0. The van der Waals surface area contributed by atoms with E-state index in [4.69, 9.17) is 0 Å². The van der Waals surface area contributed by atoms with Gasteiger partial charge in [0, 0.05) is 25.6 Å². The number of carbonyl (C=O) groups excluding carboxylic acids is 1. The molecular weight excluding hydrogens is 278 g/mol. The van der Waals surface area contributed by atoms with Crippen molar-refractivity contribution in [3.05, 3.63) is 0 Å². The summed E-state index contributed by atoms with van der Waals surface area (Å²) < 4.78 is 0. The summed E-state index contributed by atoms with van der Waals surface area (Å²) in [7, 11) is 0. The Balaban J connectivity index is 1.63. The highest BCUT2D eigenvalue weighted by molar-refractivity contribution is 5.74. The van der Waals surface area contributed by atoms with Gasteiger partial charge in [-0.2, -0.15) is 0 Å². The fourth-order valence-corrected chi connectivity index (χ4v) is 3.67. The highest BCUT2D eigenvalue weighted by atomic mass is 16.3. The Morgan fingerprint density at radius 1 is 1.27 bits per heavy atom. The largest absolute Gasteiger partial charge is 0.393 e. The van der Waals surface area contributed by atoms with Crippen LogP contribution in [0.4, 0.5) is 4.79 Å². The highest BCUT2D eigenvalue weighted by Crippen LogP contribution is 2.21. The Morgan fingerprint density at radius 3 is 2.64 bits per heavy atom. The van der Waals surface area contributed by atoms with E-state index >= 15 is 0 Å². The van der Waals surface area contributed by atoms with Crippen LogP contribution in [-0.4, -0.2) is 66.3 Å². The first-order chi connectivity index (χ1) is 10.6. The minimum atomic E-state index is -0.320. The van der Waals surface area contributed by atoms with Gasteiger partial charge < -0.3 is 20.2 Å². The molecule has 2 N–H and O–H groups in total. The van der Waals surface area contributed by atoms with E-state index in [1.807, 2.05) is 11.8 Å². The first-order valence-corrected chi connectivity index (χ1v) is 9.03. The van der Waals surface area contributed by atoms with E-state index in [1.165, 1.54) is 25.9 Å². The van der Waals surface area contributed by atoms with Gasteiger partial charge in [-0.1, -0.05) is 6.92 Å². The van der Waals surface area contributed by atoms with Crippen LogP contribution in [0.1, 0.15) is 46.0 Å². The van der Waals surface area contributed by atoms with Gasteiger partial charge in [0.1, 0.15) is 0 Å². The van der Waals surface area contributed by atoms with E-state index in [1.54, 1.807) is 0 Å². The number of amides is 2. The van der Waals surface area contributed by atoms with Gasteiger partial charge in [0.05, 0.1) is 6.10 Å². The predicted octanol–water partition coefficient (Wildman–Crippen LogP) is 1.91. The molecule has 2 aliphatic heterocycles. The second kappa shape index (κ2) is 8.73. The van der Waals surface area contributed by atoms with Crippen LogP contribution in [0.3, 0.4) is 0 Å². The number of piperidine rings is 2. The monoisotopic (exact) mass is 311 g/mol. The summed E-state index contributed by atoms with van der Waals surface area (Å²) in [5.41, 5.74) is 0. The summed E-state index contributed by atoms with van der Waals surface area (Å²) in [4.78, 5) is 16.6. The minimum absolute atomic E-state index is 0.0522. The van der Waals surface area contributed by atoms with Crippen molar-refractivity contribution in [2.45, 2.75) is 52.1 Å². The quantitative estimate of drug-likeness (QED) is 0.815. The zero-order valence-electron chi connectivity index (χ0n) is 14.3. The van der Waals surface area contributed by atoms with E-state index in [0.717, 1.165) is 44.8 Å². The van der Waals surface area contributed by atoms with E-state index in [2.05, 4.69) is 17.1 Å². The molecule has 2 rings (SSSR count). The first-order valence-electron chi connectivity index (χ1n) is 9.03. The van der Waals surface area contributed by atoms with Crippen molar-refractivity contribution in [1.29, 1.82) is 0 Å². The fourth-order valence-electron chi connectivity index (χ4n) is 3.67. The van der Waals surface area contributed by atoms with Crippen LogP contribution in [0, 0.1) is 11.8 Å². The van der Waals surface area contributed by atoms with E-state index in [9.17, 15) is 9.90 Å². The molecule has 2 heterocycles. The number of urea groups is 1. The van der Waals surface area contributed by atoms with Crippen LogP contribution in [0.2, 0.25) is 0 Å². The SMILES string of the molecule is CCN1CCC(CCNC(=O)N2CCCC(C(C)O)C2)CC1. The zero-order valence-corrected chi connectivity index (χ0v) is 14.3. The van der Waals surface area contributed by atoms with Gasteiger partial charge in [0.2, 0.25) is 0 Å². The zero-order chi connectivity index (χ0) is 15.9. The molecule has 0 saturated carbocycles. The number of carbonyl (C=O) groups is 1. The van der Waals surface area contributed by atoms with Crippen LogP contribution in [0.5, 0.6) is 0 Å². The Kier molecular flexibility index (Phi) is 6.96. The maximum absolute atomic E-state index is 12.2. The molecule has 2 saturated heterocycles. The number of aliphatic hydroxyl groups is 1. The molecule has 0 aliphatic carbocycles. The number of nitrogens with zero attached hydrogens (tertiary/aromatic N) is 2. The van der Waals surface area contributed by atoms with Crippen LogP contribution >= 0.6 is 0 Å². The molecule has 5 heteroatoms. The van der Waals surface area contributed by atoms with Gasteiger partial charge >= 0.3 is 6.03 Å². The highest BCUT2D eigenvalue weighted by Gasteiger charge is 2.26.